The monoisotopic (exact) mass is 240 g/mol. The lowest BCUT2D eigenvalue weighted by molar-refractivity contribution is -0.147. The number of piperidine rings is 1. The molecule has 2 amide bonds. The fraction of sp³-hybridized carbons (Fsp3) is 0.727. The second-order valence-electron chi connectivity index (χ2n) is 4.68. The number of carbonyl (C=O) groups is 3. The van der Waals surface area contributed by atoms with Crippen molar-refractivity contribution in [2.45, 2.75) is 31.7 Å². The highest BCUT2D eigenvalue weighted by Crippen LogP contribution is 2.23. The van der Waals surface area contributed by atoms with Crippen molar-refractivity contribution in [2.24, 2.45) is 5.92 Å². The third-order valence-corrected chi connectivity index (χ3v) is 3.14. The van der Waals surface area contributed by atoms with E-state index >= 15 is 0 Å². The lowest BCUT2D eigenvalue weighted by Crippen LogP contribution is -2.45. The van der Waals surface area contributed by atoms with Crippen LogP contribution in [0.2, 0.25) is 0 Å². The maximum absolute atomic E-state index is 11.7. The molecule has 0 aromatic rings. The van der Waals surface area contributed by atoms with Crippen LogP contribution in [-0.2, 0) is 14.4 Å². The number of hydrogen-bond acceptors (Lipinski definition) is 3. The summed E-state index contributed by atoms with van der Waals surface area (Å²) in [5.41, 5.74) is 0. The van der Waals surface area contributed by atoms with Crippen LogP contribution < -0.4 is 5.32 Å². The van der Waals surface area contributed by atoms with E-state index in [2.05, 4.69) is 5.32 Å². The first-order valence-corrected chi connectivity index (χ1v) is 5.86. The standard InChI is InChI=1S/C11H16N2O4/c14-9-5-7(11(17)12-8-1-2-8)3-4-13(9)6-10(15)16/h7-8H,1-6H2,(H,12,17)(H,15,16). The van der Waals surface area contributed by atoms with Crippen molar-refractivity contribution in [3.63, 3.8) is 0 Å². The van der Waals surface area contributed by atoms with Crippen LogP contribution in [0.1, 0.15) is 25.7 Å². The normalized spacial score (nSPS) is 24.6. The first kappa shape index (κ1) is 11.9. The Kier molecular flexibility index (Phi) is 3.31. The molecule has 1 aliphatic heterocycles. The van der Waals surface area contributed by atoms with Gasteiger partial charge in [-0.2, -0.15) is 0 Å². The Morgan fingerprint density at radius 1 is 1.35 bits per heavy atom. The maximum Gasteiger partial charge on any atom is 0.323 e. The molecule has 2 rings (SSSR count). The van der Waals surface area contributed by atoms with Crippen molar-refractivity contribution >= 4 is 17.8 Å². The number of nitrogens with one attached hydrogen (secondary N) is 1. The number of rotatable bonds is 4. The molecule has 2 fully saturated rings. The van der Waals surface area contributed by atoms with E-state index in [0.29, 0.717) is 19.0 Å². The molecule has 1 saturated heterocycles. The van der Waals surface area contributed by atoms with Gasteiger partial charge < -0.3 is 15.3 Å². The zero-order chi connectivity index (χ0) is 12.4. The SMILES string of the molecule is O=C(O)CN1CCC(C(=O)NC2CC2)CC1=O. The van der Waals surface area contributed by atoms with Crippen molar-refractivity contribution in [3.8, 4) is 0 Å². The fourth-order valence-electron chi connectivity index (χ4n) is 1.98. The Hall–Kier alpha value is -1.59. The van der Waals surface area contributed by atoms with E-state index < -0.39 is 5.97 Å². The lowest BCUT2D eigenvalue weighted by Gasteiger charge is -2.29. The minimum absolute atomic E-state index is 0.0594. The number of nitrogens with zero attached hydrogens (tertiary/aromatic N) is 1. The van der Waals surface area contributed by atoms with Crippen molar-refractivity contribution in [3.05, 3.63) is 0 Å². The Morgan fingerprint density at radius 3 is 2.59 bits per heavy atom. The molecule has 6 nitrogen and oxygen atoms in total. The van der Waals surface area contributed by atoms with Crippen molar-refractivity contribution < 1.29 is 19.5 Å². The predicted octanol–water partition coefficient (Wildman–Crippen LogP) is -0.412. The van der Waals surface area contributed by atoms with E-state index in [-0.39, 0.29) is 30.7 Å². The van der Waals surface area contributed by atoms with Gasteiger partial charge in [-0.05, 0) is 19.3 Å². The highest BCUT2D eigenvalue weighted by molar-refractivity contribution is 5.88. The molecule has 1 heterocycles. The molecule has 6 heteroatoms. The summed E-state index contributed by atoms with van der Waals surface area (Å²) in [5, 5.41) is 11.5. The molecule has 1 unspecified atom stereocenters. The van der Waals surface area contributed by atoms with E-state index in [1.165, 1.54) is 4.90 Å². The van der Waals surface area contributed by atoms with Crippen molar-refractivity contribution in [2.75, 3.05) is 13.1 Å². The molecule has 17 heavy (non-hydrogen) atoms. The maximum atomic E-state index is 11.7. The number of carboxylic acid groups (broad SMARTS) is 1. The number of likely N-dealkylation sites (tertiary alicyclic amines) is 1. The van der Waals surface area contributed by atoms with Crippen LogP contribution >= 0.6 is 0 Å². The van der Waals surface area contributed by atoms with Gasteiger partial charge in [0.05, 0.1) is 0 Å². The molecule has 0 bridgehead atoms. The topological polar surface area (TPSA) is 86.7 Å². The summed E-state index contributed by atoms with van der Waals surface area (Å²) >= 11 is 0. The van der Waals surface area contributed by atoms with Crippen LogP contribution in [0.15, 0.2) is 0 Å². The van der Waals surface area contributed by atoms with Gasteiger partial charge >= 0.3 is 5.97 Å². The smallest absolute Gasteiger partial charge is 0.323 e. The van der Waals surface area contributed by atoms with Crippen LogP contribution in [0.25, 0.3) is 0 Å². The molecule has 1 atom stereocenters. The molecule has 0 aromatic carbocycles. The van der Waals surface area contributed by atoms with Crippen molar-refractivity contribution in [1.82, 2.24) is 10.2 Å². The molecule has 0 spiro atoms. The first-order chi connectivity index (χ1) is 8.06. The zero-order valence-corrected chi connectivity index (χ0v) is 9.52. The number of carbonyl (C=O) groups excluding carboxylic acids is 2. The van der Waals surface area contributed by atoms with Gasteiger partial charge in [0.25, 0.3) is 0 Å². The Bertz CT molecular complexity index is 351. The van der Waals surface area contributed by atoms with E-state index in [9.17, 15) is 14.4 Å². The van der Waals surface area contributed by atoms with Gasteiger partial charge in [0.1, 0.15) is 6.54 Å². The van der Waals surface area contributed by atoms with Gasteiger partial charge in [-0.15, -0.1) is 0 Å². The molecular weight excluding hydrogens is 224 g/mol. The highest BCUT2D eigenvalue weighted by atomic mass is 16.4. The summed E-state index contributed by atoms with van der Waals surface area (Å²) in [5.74, 6) is -1.60. The minimum Gasteiger partial charge on any atom is -0.480 e. The largest absolute Gasteiger partial charge is 0.480 e. The molecule has 0 aromatic heterocycles. The minimum atomic E-state index is -1.01. The molecule has 2 aliphatic rings. The predicted molar refractivity (Wildman–Crippen MR) is 58.1 cm³/mol. The van der Waals surface area contributed by atoms with Gasteiger partial charge in [0.15, 0.2) is 0 Å². The van der Waals surface area contributed by atoms with Crippen LogP contribution in [0.4, 0.5) is 0 Å². The van der Waals surface area contributed by atoms with Gasteiger partial charge in [0, 0.05) is 24.9 Å². The number of hydrogen-bond donors (Lipinski definition) is 2. The average Bonchev–Trinajstić information content (AvgIpc) is 3.04. The Labute approximate surface area is 99.0 Å². The average molecular weight is 240 g/mol. The van der Waals surface area contributed by atoms with E-state index in [1.54, 1.807) is 0 Å². The third-order valence-electron chi connectivity index (χ3n) is 3.14. The lowest BCUT2D eigenvalue weighted by atomic mass is 9.95. The summed E-state index contributed by atoms with van der Waals surface area (Å²) in [7, 11) is 0. The number of amides is 2. The summed E-state index contributed by atoms with van der Waals surface area (Å²) < 4.78 is 0. The number of carboxylic acids is 1. The fourth-order valence-corrected chi connectivity index (χ4v) is 1.98. The summed E-state index contributed by atoms with van der Waals surface area (Å²) in [6, 6.07) is 0.301. The quantitative estimate of drug-likeness (QED) is 0.699. The molecule has 1 saturated carbocycles. The van der Waals surface area contributed by atoms with Gasteiger partial charge in [-0.3, -0.25) is 14.4 Å². The molecule has 0 radical (unpaired) electrons. The number of aliphatic carboxylic acids is 1. The van der Waals surface area contributed by atoms with Crippen molar-refractivity contribution in [1.29, 1.82) is 0 Å². The van der Waals surface area contributed by atoms with Gasteiger partial charge in [-0.1, -0.05) is 0 Å². The summed E-state index contributed by atoms with van der Waals surface area (Å²) in [6.45, 7) is 0.0870. The summed E-state index contributed by atoms with van der Waals surface area (Å²) in [6.07, 6.45) is 2.73. The van der Waals surface area contributed by atoms with Crippen LogP contribution in [0.5, 0.6) is 0 Å². The van der Waals surface area contributed by atoms with Crippen LogP contribution in [0.3, 0.4) is 0 Å². The molecule has 2 N–H and O–H groups in total. The zero-order valence-electron chi connectivity index (χ0n) is 9.52. The molecular formula is C11H16N2O4. The third kappa shape index (κ3) is 3.18. The van der Waals surface area contributed by atoms with E-state index in [4.69, 9.17) is 5.11 Å². The van der Waals surface area contributed by atoms with Crippen LogP contribution in [-0.4, -0.2) is 46.9 Å². The second kappa shape index (κ2) is 4.73. The molecule has 1 aliphatic carbocycles. The Morgan fingerprint density at radius 2 is 2.06 bits per heavy atom. The van der Waals surface area contributed by atoms with E-state index in [0.717, 1.165) is 12.8 Å². The molecule has 94 valence electrons. The van der Waals surface area contributed by atoms with E-state index in [1.807, 2.05) is 0 Å². The summed E-state index contributed by atoms with van der Waals surface area (Å²) in [4.78, 5) is 35.2. The van der Waals surface area contributed by atoms with Gasteiger partial charge in [-0.25, -0.2) is 0 Å². The van der Waals surface area contributed by atoms with Gasteiger partial charge in [0.2, 0.25) is 11.8 Å². The second-order valence-corrected chi connectivity index (χ2v) is 4.68. The Balaban J connectivity index is 1.83. The highest BCUT2D eigenvalue weighted by Gasteiger charge is 2.33. The van der Waals surface area contributed by atoms with Crippen LogP contribution in [0, 0.1) is 5.92 Å². The first-order valence-electron chi connectivity index (χ1n) is 5.86.